The number of hydrogen-bond acceptors (Lipinski definition) is 3. The maximum Gasteiger partial charge on any atom is 0.234 e. The number of amides is 1. The van der Waals surface area contributed by atoms with Gasteiger partial charge in [0.2, 0.25) is 5.91 Å². The van der Waals surface area contributed by atoms with Crippen LogP contribution in [0.3, 0.4) is 0 Å². The van der Waals surface area contributed by atoms with E-state index < -0.39 is 0 Å². The molecule has 1 heterocycles. The Morgan fingerprint density at radius 1 is 1.13 bits per heavy atom. The van der Waals surface area contributed by atoms with Crippen LogP contribution in [0.2, 0.25) is 0 Å². The number of likely N-dealkylation sites (N-methyl/N-ethyl adjacent to an activating group) is 1. The molecule has 1 fully saturated rings. The van der Waals surface area contributed by atoms with Crippen molar-refractivity contribution in [3.05, 3.63) is 0 Å². The lowest BCUT2D eigenvalue weighted by Crippen LogP contribution is -2.49. The largest absolute Gasteiger partial charge is 0.355 e. The van der Waals surface area contributed by atoms with E-state index in [9.17, 15) is 4.79 Å². The standard InChI is InChI=1S/C11H23N3O/c1-3-5-13-6-8-14(9-7-13)10-11(15)12-4-2/h3-10H2,1-2H3,(H,12,15). The Morgan fingerprint density at radius 2 is 1.73 bits per heavy atom. The predicted octanol–water partition coefficient (Wildman–Crippen LogP) is 0.150. The molecule has 0 aliphatic carbocycles. The van der Waals surface area contributed by atoms with E-state index in [0.29, 0.717) is 6.54 Å². The van der Waals surface area contributed by atoms with Crippen molar-refractivity contribution in [2.24, 2.45) is 0 Å². The molecule has 0 radical (unpaired) electrons. The van der Waals surface area contributed by atoms with Crippen molar-refractivity contribution < 1.29 is 4.79 Å². The lowest BCUT2D eigenvalue weighted by atomic mass is 10.3. The average molecular weight is 213 g/mol. The summed E-state index contributed by atoms with van der Waals surface area (Å²) in [6.45, 7) is 10.9. The van der Waals surface area contributed by atoms with Crippen molar-refractivity contribution in [2.75, 3.05) is 45.8 Å². The van der Waals surface area contributed by atoms with Crippen LogP contribution in [0.5, 0.6) is 0 Å². The highest BCUT2D eigenvalue weighted by molar-refractivity contribution is 5.77. The molecule has 0 saturated carbocycles. The minimum absolute atomic E-state index is 0.154. The van der Waals surface area contributed by atoms with Crippen LogP contribution in [0.1, 0.15) is 20.3 Å². The molecule has 4 nitrogen and oxygen atoms in total. The van der Waals surface area contributed by atoms with Crippen LogP contribution in [0.4, 0.5) is 0 Å². The van der Waals surface area contributed by atoms with Crippen molar-refractivity contribution in [1.82, 2.24) is 15.1 Å². The van der Waals surface area contributed by atoms with Gasteiger partial charge >= 0.3 is 0 Å². The topological polar surface area (TPSA) is 35.6 Å². The normalized spacial score (nSPS) is 19.1. The summed E-state index contributed by atoms with van der Waals surface area (Å²) in [5, 5.41) is 2.83. The van der Waals surface area contributed by atoms with Crippen molar-refractivity contribution in [1.29, 1.82) is 0 Å². The molecule has 1 saturated heterocycles. The predicted molar refractivity (Wildman–Crippen MR) is 61.9 cm³/mol. The SMILES string of the molecule is CCCN1CCN(CC(=O)NCC)CC1. The number of carbonyl (C=O) groups excluding carboxylic acids is 1. The third-order valence-corrected chi connectivity index (χ3v) is 2.75. The summed E-state index contributed by atoms with van der Waals surface area (Å²) in [6, 6.07) is 0. The van der Waals surface area contributed by atoms with Gasteiger partial charge in [0.1, 0.15) is 0 Å². The minimum Gasteiger partial charge on any atom is -0.355 e. The fourth-order valence-corrected chi connectivity index (χ4v) is 1.94. The molecule has 4 heteroatoms. The van der Waals surface area contributed by atoms with Crippen LogP contribution in [0, 0.1) is 0 Å². The van der Waals surface area contributed by atoms with E-state index in [1.54, 1.807) is 0 Å². The fourth-order valence-electron chi connectivity index (χ4n) is 1.94. The Kier molecular flexibility index (Phi) is 5.65. The molecule has 0 aromatic heterocycles. The first kappa shape index (κ1) is 12.5. The van der Waals surface area contributed by atoms with Crippen LogP contribution < -0.4 is 5.32 Å². The second kappa shape index (κ2) is 6.80. The van der Waals surface area contributed by atoms with E-state index in [2.05, 4.69) is 22.0 Å². The summed E-state index contributed by atoms with van der Waals surface area (Å²) in [5.41, 5.74) is 0. The van der Waals surface area contributed by atoms with E-state index in [1.165, 1.54) is 13.0 Å². The highest BCUT2D eigenvalue weighted by Crippen LogP contribution is 2.01. The summed E-state index contributed by atoms with van der Waals surface area (Å²) in [7, 11) is 0. The summed E-state index contributed by atoms with van der Waals surface area (Å²) in [6.07, 6.45) is 1.22. The van der Waals surface area contributed by atoms with Crippen molar-refractivity contribution in [3.63, 3.8) is 0 Å². The molecule has 1 rings (SSSR count). The number of nitrogens with one attached hydrogen (secondary N) is 1. The first-order chi connectivity index (χ1) is 7.26. The lowest BCUT2D eigenvalue weighted by Gasteiger charge is -2.34. The monoisotopic (exact) mass is 213 g/mol. The molecule has 0 atom stereocenters. The average Bonchev–Trinajstić information content (AvgIpc) is 2.22. The van der Waals surface area contributed by atoms with Crippen molar-refractivity contribution >= 4 is 5.91 Å². The zero-order chi connectivity index (χ0) is 11.1. The Bertz CT molecular complexity index is 188. The minimum atomic E-state index is 0.154. The Balaban J connectivity index is 2.16. The van der Waals surface area contributed by atoms with Crippen LogP contribution >= 0.6 is 0 Å². The third-order valence-electron chi connectivity index (χ3n) is 2.75. The van der Waals surface area contributed by atoms with Gasteiger partial charge in [-0.15, -0.1) is 0 Å². The van der Waals surface area contributed by atoms with E-state index in [1.807, 2.05) is 6.92 Å². The molecule has 1 aliphatic heterocycles. The second-order valence-corrected chi connectivity index (χ2v) is 4.07. The lowest BCUT2D eigenvalue weighted by molar-refractivity contribution is -0.122. The number of hydrogen-bond donors (Lipinski definition) is 1. The van der Waals surface area contributed by atoms with E-state index in [4.69, 9.17) is 0 Å². The van der Waals surface area contributed by atoms with Gasteiger partial charge in [-0.3, -0.25) is 9.69 Å². The molecular weight excluding hydrogens is 190 g/mol. The van der Waals surface area contributed by atoms with Gasteiger partial charge in [-0.2, -0.15) is 0 Å². The number of nitrogens with zero attached hydrogens (tertiary/aromatic N) is 2. The van der Waals surface area contributed by atoms with Gasteiger partial charge < -0.3 is 10.2 Å². The third kappa shape index (κ3) is 4.62. The molecule has 1 amide bonds. The Hall–Kier alpha value is -0.610. The molecule has 0 aromatic carbocycles. The number of rotatable bonds is 5. The molecule has 0 spiro atoms. The highest BCUT2D eigenvalue weighted by atomic mass is 16.2. The van der Waals surface area contributed by atoms with E-state index in [0.717, 1.165) is 32.7 Å². The van der Waals surface area contributed by atoms with E-state index >= 15 is 0 Å². The van der Waals surface area contributed by atoms with Gasteiger partial charge in [0, 0.05) is 32.7 Å². The Labute approximate surface area is 92.6 Å². The van der Waals surface area contributed by atoms with Gasteiger partial charge in [0.05, 0.1) is 6.54 Å². The van der Waals surface area contributed by atoms with Crippen LogP contribution in [0.25, 0.3) is 0 Å². The maximum absolute atomic E-state index is 11.4. The highest BCUT2D eigenvalue weighted by Gasteiger charge is 2.17. The van der Waals surface area contributed by atoms with Crippen LogP contribution in [-0.4, -0.2) is 61.5 Å². The van der Waals surface area contributed by atoms with Gasteiger partial charge in [0.15, 0.2) is 0 Å². The molecule has 1 aliphatic rings. The Morgan fingerprint density at radius 3 is 2.27 bits per heavy atom. The zero-order valence-electron chi connectivity index (χ0n) is 9.96. The molecule has 88 valence electrons. The second-order valence-electron chi connectivity index (χ2n) is 4.07. The quantitative estimate of drug-likeness (QED) is 0.706. The van der Waals surface area contributed by atoms with Gasteiger partial charge in [-0.1, -0.05) is 6.92 Å². The molecule has 1 N–H and O–H groups in total. The van der Waals surface area contributed by atoms with Crippen LogP contribution in [-0.2, 0) is 4.79 Å². The van der Waals surface area contributed by atoms with Gasteiger partial charge in [-0.25, -0.2) is 0 Å². The summed E-state index contributed by atoms with van der Waals surface area (Å²) >= 11 is 0. The van der Waals surface area contributed by atoms with Crippen LogP contribution in [0.15, 0.2) is 0 Å². The summed E-state index contributed by atoms with van der Waals surface area (Å²) < 4.78 is 0. The molecule has 0 unspecified atom stereocenters. The molecule has 0 bridgehead atoms. The van der Waals surface area contributed by atoms with Crippen molar-refractivity contribution in [2.45, 2.75) is 20.3 Å². The van der Waals surface area contributed by atoms with E-state index in [-0.39, 0.29) is 5.91 Å². The maximum atomic E-state index is 11.4. The van der Waals surface area contributed by atoms with Crippen molar-refractivity contribution in [3.8, 4) is 0 Å². The van der Waals surface area contributed by atoms with Gasteiger partial charge in [-0.05, 0) is 19.9 Å². The molecule has 0 aromatic rings. The zero-order valence-corrected chi connectivity index (χ0v) is 9.96. The first-order valence-corrected chi connectivity index (χ1v) is 5.97. The smallest absolute Gasteiger partial charge is 0.234 e. The first-order valence-electron chi connectivity index (χ1n) is 5.97. The molecule has 15 heavy (non-hydrogen) atoms. The number of carbonyl (C=O) groups is 1. The summed E-state index contributed by atoms with van der Waals surface area (Å²) in [4.78, 5) is 16.1. The fraction of sp³-hybridized carbons (Fsp3) is 0.909. The summed E-state index contributed by atoms with van der Waals surface area (Å²) in [5.74, 6) is 0.154. The molecular formula is C11H23N3O. The van der Waals surface area contributed by atoms with Gasteiger partial charge in [0.25, 0.3) is 0 Å². The number of piperazine rings is 1.